The normalized spacial score (nSPS) is 25.2. The van der Waals surface area contributed by atoms with Crippen LogP contribution in [0, 0.1) is 22.7 Å². The molecule has 0 heterocycles. The lowest BCUT2D eigenvalue weighted by Crippen LogP contribution is -2.40. The van der Waals surface area contributed by atoms with E-state index in [2.05, 4.69) is 40.7 Å². The van der Waals surface area contributed by atoms with Crippen molar-refractivity contribution >= 4 is 6.15 Å². The van der Waals surface area contributed by atoms with Gasteiger partial charge in [0.1, 0.15) is 13.6 Å². The van der Waals surface area contributed by atoms with Gasteiger partial charge in [-0.1, -0.05) is 46.3 Å². The van der Waals surface area contributed by atoms with Gasteiger partial charge in [-0.3, -0.25) is 0 Å². The molecule has 180 valence electrons. The molecule has 0 N–H and O–H groups in total. The van der Waals surface area contributed by atoms with Gasteiger partial charge in [0.25, 0.3) is 0 Å². The van der Waals surface area contributed by atoms with Crippen LogP contribution in [0.3, 0.4) is 0 Å². The van der Waals surface area contributed by atoms with E-state index >= 15 is 0 Å². The predicted molar refractivity (Wildman–Crippen MR) is 118 cm³/mol. The summed E-state index contributed by atoms with van der Waals surface area (Å²) in [5.41, 5.74) is 3.50. The van der Waals surface area contributed by atoms with Gasteiger partial charge in [0.05, 0.1) is 26.6 Å². The van der Waals surface area contributed by atoms with Gasteiger partial charge in [-0.2, -0.15) is 9.59 Å². The minimum absolute atomic E-state index is 0.212. The Morgan fingerprint density at radius 2 is 1.29 bits per heavy atom. The molecule has 2 aliphatic carbocycles. The zero-order valence-corrected chi connectivity index (χ0v) is 20.6. The summed E-state index contributed by atoms with van der Waals surface area (Å²) in [7, 11) is 4.99. The van der Waals surface area contributed by atoms with Crippen molar-refractivity contribution < 1.29 is 33.3 Å². The van der Waals surface area contributed by atoms with E-state index in [0.717, 1.165) is 26.1 Å². The predicted octanol–water partition coefficient (Wildman–Crippen LogP) is 4.59. The standard InChI is InChI=1S/C12H22O2.C11H20O3.CO2/c1-5-6-10-7-11(12(10,2)3)8-14-9-13-4;1-11(2)9(6-12-3)5-10(11)7-14-8-13-4;2-1-3/h6,11H,5,7-9H2,1-4H3;6,10H,5,7-8H2,1-4H3;. The van der Waals surface area contributed by atoms with Crippen LogP contribution >= 0.6 is 0 Å². The molecule has 2 atom stereocenters. The van der Waals surface area contributed by atoms with Crippen LogP contribution in [0.2, 0.25) is 0 Å². The third kappa shape index (κ3) is 9.26. The van der Waals surface area contributed by atoms with Crippen LogP contribution in [-0.4, -0.2) is 54.3 Å². The number of ether oxygens (including phenoxy) is 5. The maximum atomic E-state index is 8.12. The molecule has 0 aromatic rings. The highest BCUT2D eigenvalue weighted by Crippen LogP contribution is 2.51. The average Bonchev–Trinajstić information content (AvgIpc) is 2.72. The van der Waals surface area contributed by atoms with Gasteiger partial charge in [0.15, 0.2) is 0 Å². The Hall–Kier alpha value is -1.50. The van der Waals surface area contributed by atoms with Gasteiger partial charge in [-0.15, -0.1) is 0 Å². The molecule has 2 rings (SSSR count). The highest BCUT2D eigenvalue weighted by molar-refractivity contribution is 5.24. The summed E-state index contributed by atoms with van der Waals surface area (Å²) >= 11 is 0. The number of hydrogen-bond donors (Lipinski definition) is 0. The van der Waals surface area contributed by atoms with Gasteiger partial charge in [0, 0.05) is 14.2 Å². The van der Waals surface area contributed by atoms with E-state index in [1.54, 1.807) is 26.9 Å². The molecule has 2 unspecified atom stereocenters. The monoisotopic (exact) mass is 442 g/mol. The number of carbonyl (C=O) groups excluding carboxylic acids is 2. The third-order valence-corrected chi connectivity index (χ3v) is 6.38. The fourth-order valence-electron chi connectivity index (χ4n) is 3.85. The quantitative estimate of drug-likeness (QED) is 0.212. The largest absolute Gasteiger partial charge is 0.504 e. The van der Waals surface area contributed by atoms with E-state index < -0.39 is 0 Å². The lowest BCUT2D eigenvalue weighted by atomic mass is 9.59. The molecule has 0 amide bonds. The third-order valence-electron chi connectivity index (χ3n) is 6.38. The summed E-state index contributed by atoms with van der Waals surface area (Å²) in [4.78, 5) is 16.2. The Bertz CT molecular complexity index is 541. The first-order valence-electron chi connectivity index (χ1n) is 10.7. The molecule has 2 fully saturated rings. The van der Waals surface area contributed by atoms with Crippen LogP contribution < -0.4 is 0 Å². The van der Waals surface area contributed by atoms with E-state index in [1.807, 2.05) is 6.26 Å². The second-order valence-corrected chi connectivity index (χ2v) is 8.90. The van der Waals surface area contributed by atoms with Gasteiger partial charge >= 0.3 is 6.15 Å². The zero-order chi connectivity index (χ0) is 23.9. The molecule has 0 saturated heterocycles. The summed E-state index contributed by atoms with van der Waals surface area (Å²) in [5.74, 6) is 1.24. The highest BCUT2D eigenvalue weighted by Gasteiger charge is 2.44. The number of methoxy groups -OCH3 is 3. The fourth-order valence-corrected chi connectivity index (χ4v) is 3.85. The van der Waals surface area contributed by atoms with Crippen molar-refractivity contribution in [3.8, 4) is 0 Å². The van der Waals surface area contributed by atoms with Gasteiger partial charge in [-0.25, -0.2) is 0 Å². The van der Waals surface area contributed by atoms with E-state index in [4.69, 9.17) is 33.3 Å². The molecular formula is C24H42O7. The molecule has 0 radical (unpaired) electrons. The molecule has 7 nitrogen and oxygen atoms in total. The van der Waals surface area contributed by atoms with Crippen molar-refractivity contribution in [2.24, 2.45) is 22.7 Å². The number of hydrogen-bond acceptors (Lipinski definition) is 7. The Labute approximate surface area is 188 Å². The topological polar surface area (TPSA) is 80.3 Å². The van der Waals surface area contributed by atoms with Gasteiger partial charge in [-0.05, 0) is 47.5 Å². The average molecular weight is 443 g/mol. The minimum atomic E-state index is 0.212. The van der Waals surface area contributed by atoms with Crippen LogP contribution in [0.4, 0.5) is 0 Å². The van der Waals surface area contributed by atoms with Crippen molar-refractivity contribution in [1.82, 2.24) is 0 Å². The Kier molecular flexibility index (Phi) is 14.6. The smallest absolute Gasteiger partial charge is 0.373 e. The van der Waals surface area contributed by atoms with Crippen molar-refractivity contribution in [3.63, 3.8) is 0 Å². The van der Waals surface area contributed by atoms with Gasteiger partial charge in [0.2, 0.25) is 0 Å². The van der Waals surface area contributed by atoms with Crippen LogP contribution in [0.5, 0.6) is 0 Å². The van der Waals surface area contributed by atoms with Gasteiger partial charge < -0.3 is 23.7 Å². The summed E-state index contributed by atoms with van der Waals surface area (Å²) < 4.78 is 25.5. The first-order chi connectivity index (χ1) is 14.7. The molecule has 31 heavy (non-hydrogen) atoms. The maximum absolute atomic E-state index is 8.12. The van der Waals surface area contributed by atoms with Crippen molar-refractivity contribution in [3.05, 3.63) is 23.5 Å². The molecule has 7 heteroatoms. The summed E-state index contributed by atoms with van der Waals surface area (Å²) in [6.45, 7) is 13.6. The Morgan fingerprint density at radius 1 is 0.871 bits per heavy atom. The Morgan fingerprint density at radius 3 is 1.61 bits per heavy atom. The molecule has 0 aromatic heterocycles. The highest BCUT2D eigenvalue weighted by atomic mass is 16.7. The molecule has 0 aliphatic heterocycles. The van der Waals surface area contributed by atoms with Crippen molar-refractivity contribution in [2.45, 2.75) is 53.9 Å². The molecular weight excluding hydrogens is 400 g/mol. The van der Waals surface area contributed by atoms with Crippen LogP contribution in [0.1, 0.15) is 53.9 Å². The molecule has 0 bridgehead atoms. The van der Waals surface area contributed by atoms with E-state index in [9.17, 15) is 0 Å². The second kappa shape index (κ2) is 15.3. The summed E-state index contributed by atoms with van der Waals surface area (Å²) in [5, 5.41) is 0. The molecule has 2 aliphatic rings. The summed E-state index contributed by atoms with van der Waals surface area (Å²) in [6, 6.07) is 0. The van der Waals surface area contributed by atoms with Crippen LogP contribution in [0.15, 0.2) is 23.5 Å². The van der Waals surface area contributed by atoms with Crippen LogP contribution in [0.25, 0.3) is 0 Å². The lowest BCUT2D eigenvalue weighted by Gasteiger charge is -2.47. The number of allylic oxidation sites excluding steroid dienone is 3. The molecule has 0 spiro atoms. The second-order valence-electron chi connectivity index (χ2n) is 8.90. The van der Waals surface area contributed by atoms with E-state index in [1.165, 1.54) is 12.0 Å². The van der Waals surface area contributed by atoms with Crippen molar-refractivity contribution in [2.75, 3.05) is 48.1 Å². The molecule has 0 aromatic carbocycles. The van der Waals surface area contributed by atoms with Crippen LogP contribution in [-0.2, 0) is 33.3 Å². The summed E-state index contributed by atoms with van der Waals surface area (Å²) in [6.07, 6.45) is 7.87. The zero-order valence-electron chi connectivity index (χ0n) is 20.6. The van der Waals surface area contributed by atoms with E-state index in [-0.39, 0.29) is 11.6 Å². The Balaban J connectivity index is 0.000000516. The first kappa shape index (κ1) is 29.5. The van der Waals surface area contributed by atoms with Crippen molar-refractivity contribution in [1.29, 1.82) is 0 Å². The number of rotatable bonds is 10. The molecule has 2 saturated carbocycles. The lowest BCUT2D eigenvalue weighted by molar-refractivity contribution is -0.191. The van der Waals surface area contributed by atoms with E-state index in [0.29, 0.717) is 30.8 Å². The SMILES string of the molecule is CCC=C1CC(COCOC)C1(C)C.COC=C1CC(COCOC)C1(C)C.O=C=O. The fraction of sp³-hybridized carbons (Fsp3) is 0.792. The minimum Gasteiger partial charge on any atom is -0.504 e. The maximum Gasteiger partial charge on any atom is 0.373 e. The first-order valence-corrected chi connectivity index (χ1v) is 10.7.